The van der Waals surface area contributed by atoms with Crippen LogP contribution in [0.5, 0.6) is 0 Å². The Bertz CT molecular complexity index is 648. The molecule has 0 spiro atoms. The van der Waals surface area contributed by atoms with E-state index in [2.05, 4.69) is 53.8 Å². The summed E-state index contributed by atoms with van der Waals surface area (Å²) in [6, 6.07) is 1.92. The van der Waals surface area contributed by atoms with Gasteiger partial charge in [-0.15, -0.1) is 0 Å². The number of hydrogen-bond donors (Lipinski definition) is 1. The van der Waals surface area contributed by atoms with E-state index in [1.807, 2.05) is 24.6 Å². The van der Waals surface area contributed by atoms with E-state index in [9.17, 15) is 9.59 Å². The van der Waals surface area contributed by atoms with Crippen LogP contribution >= 0.6 is 0 Å². The Morgan fingerprint density at radius 1 is 1.19 bits per heavy atom. The molecule has 154 valence electrons. The highest BCUT2D eigenvalue weighted by molar-refractivity contribution is 5.94. The quantitative estimate of drug-likeness (QED) is 0.769. The number of hydrogen-bond acceptors (Lipinski definition) is 3. The van der Waals surface area contributed by atoms with Gasteiger partial charge in [-0.1, -0.05) is 34.1 Å². The molecule has 6 heteroatoms. The topological polar surface area (TPSA) is 67.2 Å². The first-order valence-corrected chi connectivity index (χ1v) is 9.97. The number of anilines is 1. The molecule has 0 fully saturated rings. The van der Waals surface area contributed by atoms with Gasteiger partial charge in [0, 0.05) is 23.9 Å². The Morgan fingerprint density at radius 2 is 1.78 bits per heavy atom. The summed E-state index contributed by atoms with van der Waals surface area (Å²) < 4.78 is 1.85. The van der Waals surface area contributed by atoms with Crippen molar-refractivity contribution < 1.29 is 9.59 Å². The molecule has 1 aromatic rings. The number of carbonyl (C=O) groups excluding carboxylic acids is 2. The zero-order valence-corrected chi connectivity index (χ0v) is 18.6. The third-order valence-corrected chi connectivity index (χ3v) is 4.38. The lowest BCUT2D eigenvalue weighted by atomic mass is 9.92. The molecule has 0 saturated heterocycles. The highest BCUT2D eigenvalue weighted by Crippen LogP contribution is 2.28. The molecule has 0 aliphatic carbocycles. The summed E-state index contributed by atoms with van der Waals surface area (Å²) in [6.45, 7) is 18.4. The average molecular weight is 379 g/mol. The lowest BCUT2D eigenvalue weighted by Crippen LogP contribution is -2.42. The molecule has 0 saturated carbocycles. The Hall–Kier alpha value is -1.85. The van der Waals surface area contributed by atoms with E-state index in [4.69, 9.17) is 5.10 Å². The third-order valence-electron chi connectivity index (χ3n) is 4.38. The van der Waals surface area contributed by atoms with Gasteiger partial charge in [-0.3, -0.25) is 9.59 Å². The standard InChI is InChI=1S/C21H38N4O2/c1-10-11-12-19(27)24(15(2)3)14-18(26)22-17-13-16(20(4,5)6)23-25(17)21(7,8)9/h13,15H,10-12,14H2,1-9H3,(H,22,26). The maximum absolute atomic E-state index is 12.7. The Kier molecular flexibility index (Phi) is 7.64. The van der Waals surface area contributed by atoms with Crippen molar-refractivity contribution in [3.8, 4) is 0 Å². The zero-order chi connectivity index (χ0) is 21.0. The van der Waals surface area contributed by atoms with Crippen LogP contribution in [0.4, 0.5) is 5.82 Å². The van der Waals surface area contributed by atoms with Crippen molar-refractivity contribution in [2.45, 2.75) is 98.6 Å². The predicted octanol–water partition coefficient (Wildman–Crippen LogP) is 4.30. The second-order valence-corrected chi connectivity index (χ2v) is 9.51. The number of aromatic nitrogens is 2. The first-order chi connectivity index (χ1) is 12.3. The Labute approximate surface area is 164 Å². The molecule has 6 nitrogen and oxygen atoms in total. The number of nitrogens with one attached hydrogen (secondary N) is 1. The molecular weight excluding hydrogens is 340 g/mol. The summed E-state index contributed by atoms with van der Waals surface area (Å²) >= 11 is 0. The van der Waals surface area contributed by atoms with Crippen LogP contribution in [0.2, 0.25) is 0 Å². The van der Waals surface area contributed by atoms with Crippen LogP contribution in [0.25, 0.3) is 0 Å². The largest absolute Gasteiger partial charge is 0.331 e. The monoisotopic (exact) mass is 378 g/mol. The second-order valence-electron chi connectivity index (χ2n) is 9.51. The van der Waals surface area contributed by atoms with E-state index >= 15 is 0 Å². The van der Waals surface area contributed by atoms with Gasteiger partial charge in [0.2, 0.25) is 11.8 Å². The summed E-state index contributed by atoms with van der Waals surface area (Å²) in [7, 11) is 0. The lowest BCUT2D eigenvalue weighted by Gasteiger charge is -2.27. The Morgan fingerprint density at radius 3 is 2.22 bits per heavy atom. The van der Waals surface area contributed by atoms with Crippen LogP contribution in [0, 0.1) is 0 Å². The van der Waals surface area contributed by atoms with Gasteiger partial charge in [-0.25, -0.2) is 4.68 Å². The molecule has 0 atom stereocenters. The summed E-state index contributed by atoms with van der Waals surface area (Å²) in [5.41, 5.74) is 0.545. The lowest BCUT2D eigenvalue weighted by molar-refractivity contribution is -0.136. The van der Waals surface area contributed by atoms with Crippen LogP contribution in [0.1, 0.15) is 87.3 Å². The fourth-order valence-electron chi connectivity index (χ4n) is 2.72. The minimum atomic E-state index is -0.263. The van der Waals surface area contributed by atoms with Gasteiger partial charge < -0.3 is 10.2 Å². The SMILES string of the molecule is CCCCC(=O)N(CC(=O)Nc1cc(C(C)(C)C)nn1C(C)(C)C)C(C)C. The van der Waals surface area contributed by atoms with Gasteiger partial charge in [-0.05, 0) is 41.0 Å². The molecule has 0 radical (unpaired) electrons. The van der Waals surface area contributed by atoms with Crippen molar-refractivity contribution in [3.05, 3.63) is 11.8 Å². The van der Waals surface area contributed by atoms with E-state index in [0.29, 0.717) is 12.2 Å². The van der Waals surface area contributed by atoms with Gasteiger partial charge in [0.25, 0.3) is 0 Å². The molecule has 2 amide bonds. The van der Waals surface area contributed by atoms with Gasteiger partial charge in [0.15, 0.2) is 0 Å². The molecule has 0 aromatic carbocycles. The van der Waals surface area contributed by atoms with Gasteiger partial charge in [0.05, 0.1) is 11.2 Å². The first kappa shape index (κ1) is 23.2. The first-order valence-electron chi connectivity index (χ1n) is 9.97. The molecule has 0 unspecified atom stereocenters. The molecule has 0 aliphatic heterocycles. The highest BCUT2D eigenvalue weighted by Gasteiger charge is 2.27. The number of unbranched alkanes of at least 4 members (excludes halogenated alkanes) is 1. The summed E-state index contributed by atoms with van der Waals surface area (Å²) in [6.07, 6.45) is 2.29. The second kappa shape index (κ2) is 8.89. The minimum absolute atomic E-state index is 0.0160. The van der Waals surface area contributed by atoms with Crippen LogP contribution in [0.3, 0.4) is 0 Å². The van der Waals surface area contributed by atoms with Gasteiger partial charge >= 0.3 is 0 Å². The zero-order valence-electron chi connectivity index (χ0n) is 18.6. The van der Waals surface area contributed by atoms with E-state index in [0.717, 1.165) is 18.5 Å². The number of carbonyl (C=O) groups is 2. The smallest absolute Gasteiger partial charge is 0.245 e. The molecule has 0 bridgehead atoms. The molecule has 1 rings (SSSR count). The fraction of sp³-hybridized carbons (Fsp3) is 0.762. The summed E-state index contributed by atoms with van der Waals surface area (Å²) in [4.78, 5) is 26.8. The van der Waals surface area contributed by atoms with Crippen LogP contribution in [0.15, 0.2) is 6.07 Å². The van der Waals surface area contributed by atoms with Gasteiger partial charge in [-0.2, -0.15) is 5.10 Å². The number of nitrogens with zero attached hydrogens (tertiary/aromatic N) is 3. The normalized spacial score (nSPS) is 12.4. The maximum Gasteiger partial charge on any atom is 0.245 e. The molecule has 0 aliphatic rings. The van der Waals surface area contributed by atoms with E-state index in [-0.39, 0.29) is 35.4 Å². The number of rotatable bonds is 7. The average Bonchev–Trinajstić information content (AvgIpc) is 2.94. The van der Waals surface area contributed by atoms with Crippen LogP contribution in [-0.4, -0.2) is 39.1 Å². The molecule has 1 heterocycles. The van der Waals surface area contributed by atoms with Crippen molar-refractivity contribution in [2.24, 2.45) is 0 Å². The predicted molar refractivity (Wildman–Crippen MR) is 111 cm³/mol. The fourth-order valence-corrected chi connectivity index (χ4v) is 2.72. The highest BCUT2D eigenvalue weighted by atomic mass is 16.2. The third kappa shape index (κ3) is 6.67. The van der Waals surface area contributed by atoms with Crippen molar-refractivity contribution >= 4 is 17.6 Å². The van der Waals surface area contributed by atoms with E-state index in [1.54, 1.807) is 4.90 Å². The van der Waals surface area contributed by atoms with Crippen molar-refractivity contribution in [3.63, 3.8) is 0 Å². The van der Waals surface area contributed by atoms with Crippen LogP contribution in [-0.2, 0) is 20.5 Å². The van der Waals surface area contributed by atoms with Crippen molar-refractivity contribution in [2.75, 3.05) is 11.9 Å². The summed E-state index contributed by atoms with van der Waals surface area (Å²) in [5, 5.41) is 7.69. The van der Waals surface area contributed by atoms with Crippen molar-refractivity contribution in [1.29, 1.82) is 0 Å². The van der Waals surface area contributed by atoms with Gasteiger partial charge in [0.1, 0.15) is 12.4 Å². The molecule has 27 heavy (non-hydrogen) atoms. The minimum Gasteiger partial charge on any atom is -0.331 e. The van der Waals surface area contributed by atoms with E-state index < -0.39 is 0 Å². The number of amides is 2. The molecule has 1 aromatic heterocycles. The van der Waals surface area contributed by atoms with E-state index in [1.165, 1.54) is 0 Å². The Balaban J connectivity index is 3.01. The molecular formula is C21H38N4O2. The maximum atomic E-state index is 12.7. The van der Waals surface area contributed by atoms with Crippen LogP contribution < -0.4 is 5.32 Å². The van der Waals surface area contributed by atoms with Crippen molar-refractivity contribution in [1.82, 2.24) is 14.7 Å². The summed E-state index contributed by atoms with van der Waals surface area (Å²) in [5.74, 6) is 0.503. The molecule has 1 N–H and O–H groups in total.